The average molecular weight is 549 g/mol. The van der Waals surface area contributed by atoms with Gasteiger partial charge in [-0.3, -0.25) is 9.67 Å². The Balaban J connectivity index is 1.57. The molecule has 200 valence electrons. The van der Waals surface area contributed by atoms with E-state index >= 15 is 0 Å². The Bertz CT molecular complexity index is 1660. The molecule has 2 aliphatic heterocycles. The monoisotopic (exact) mass is 549 g/mol. The van der Waals surface area contributed by atoms with Gasteiger partial charge in [-0.05, 0) is 42.8 Å². The molecule has 3 aromatic rings. The molecule has 1 aromatic heterocycles. The van der Waals surface area contributed by atoms with E-state index in [0.29, 0.717) is 11.8 Å². The summed E-state index contributed by atoms with van der Waals surface area (Å²) in [5, 5.41) is 4.17. The van der Waals surface area contributed by atoms with E-state index < -0.39 is 40.7 Å². The zero-order chi connectivity index (χ0) is 28.1. The highest BCUT2D eigenvalue weighted by atomic mass is 19.4. The van der Waals surface area contributed by atoms with Crippen LogP contribution in [0.4, 0.5) is 35.1 Å². The lowest BCUT2D eigenvalue weighted by atomic mass is 9.95. The van der Waals surface area contributed by atoms with Gasteiger partial charge in [0.25, 0.3) is 0 Å². The first kappa shape index (κ1) is 26.2. The van der Waals surface area contributed by atoms with E-state index in [1.165, 1.54) is 41.3 Å². The molecule has 5 rings (SSSR count). The van der Waals surface area contributed by atoms with Crippen LogP contribution in [0.3, 0.4) is 0 Å². The SMILES string of the molecule is Cc1ccc(-c2ccc(C(F)(F)F)cc2C(F)(F)F)c(Cn2cc3nc(-c4cccc(F)c4F)nc-3cn2)n1. The second kappa shape index (κ2) is 9.40. The van der Waals surface area contributed by atoms with Crippen molar-refractivity contribution >= 4 is 0 Å². The lowest BCUT2D eigenvalue weighted by Gasteiger charge is -2.18. The third-order valence-electron chi connectivity index (χ3n) is 5.87. The summed E-state index contributed by atoms with van der Waals surface area (Å²) < 4.78 is 110. The number of aryl methyl sites for hydroxylation is 1. The topological polar surface area (TPSA) is 56.5 Å². The van der Waals surface area contributed by atoms with Gasteiger partial charge in [0, 0.05) is 11.3 Å². The van der Waals surface area contributed by atoms with Crippen molar-refractivity contribution in [3.8, 4) is 33.9 Å². The van der Waals surface area contributed by atoms with Crippen molar-refractivity contribution in [1.29, 1.82) is 0 Å². The number of imidazole rings is 1. The van der Waals surface area contributed by atoms with Crippen LogP contribution >= 0.6 is 0 Å². The maximum absolute atomic E-state index is 14.2. The van der Waals surface area contributed by atoms with Crippen molar-refractivity contribution in [3.05, 3.63) is 95.1 Å². The Kier molecular flexibility index (Phi) is 6.31. The molecule has 0 radical (unpaired) electrons. The zero-order valence-electron chi connectivity index (χ0n) is 19.7. The number of hydrogen-bond acceptors (Lipinski definition) is 4. The highest BCUT2D eigenvalue weighted by Gasteiger charge is 2.38. The maximum atomic E-state index is 14.2. The van der Waals surface area contributed by atoms with E-state index in [1.807, 2.05) is 0 Å². The molecule has 2 aliphatic rings. The first-order valence-corrected chi connectivity index (χ1v) is 11.2. The Hall–Kier alpha value is -4.42. The van der Waals surface area contributed by atoms with Gasteiger partial charge in [0.1, 0.15) is 11.4 Å². The van der Waals surface area contributed by atoms with Gasteiger partial charge in [-0.2, -0.15) is 31.4 Å². The molecule has 5 nitrogen and oxygen atoms in total. The second-order valence-corrected chi connectivity index (χ2v) is 8.59. The van der Waals surface area contributed by atoms with E-state index in [4.69, 9.17) is 0 Å². The number of benzene rings is 2. The number of fused-ring (bicyclic) bond motifs is 1. The van der Waals surface area contributed by atoms with Gasteiger partial charge in [-0.1, -0.05) is 18.2 Å². The Labute approximate surface area is 215 Å². The van der Waals surface area contributed by atoms with Crippen LogP contribution in [0.15, 0.2) is 60.9 Å². The highest BCUT2D eigenvalue weighted by molar-refractivity contribution is 5.71. The molecule has 0 fully saturated rings. The lowest BCUT2D eigenvalue weighted by Crippen LogP contribution is -2.14. The van der Waals surface area contributed by atoms with Crippen LogP contribution in [0.2, 0.25) is 0 Å². The van der Waals surface area contributed by atoms with Crippen LogP contribution in [0.25, 0.3) is 33.9 Å². The van der Waals surface area contributed by atoms with Crippen molar-refractivity contribution < 1.29 is 35.1 Å². The van der Waals surface area contributed by atoms with Crippen LogP contribution in [0.1, 0.15) is 22.5 Å². The molecule has 0 saturated carbocycles. The maximum Gasteiger partial charge on any atom is 0.417 e. The van der Waals surface area contributed by atoms with Crippen LogP contribution in [-0.2, 0) is 18.9 Å². The molecule has 0 amide bonds. The van der Waals surface area contributed by atoms with Gasteiger partial charge in [-0.15, -0.1) is 0 Å². The van der Waals surface area contributed by atoms with Gasteiger partial charge in [0.05, 0.1) is 41.3 Å². The normalized spacial score (nSPS) is 12.3. The number of aromatic nitrogens is 5. The van der Waals surface area contributed by atoms with Crippen molar-refractivity contribution in [3.63, 3.8) is 0 Å². The third kappa shape index (κ3) is 5.16. The summed E-state index contributed by atoms with van der Waals surface area (Å²) in [6.45, 7) is 1.43. The van der Waals surface area contributed by atoms with E-state index in [1.54, 1.807) is 6.92 Å². The summed E-state index contributed by atoms with van der Waals surface area (Å²) in [5.41, 5.74) is -2.51. The molecular formula is C26H15F8N5. The number of nitrogens with zero attached hydrogens (tertiary/aromatic N) is 5. The van der Waals surface area contributed by atoms with Crippen LogP contribution in [-0.4, -0.2) is 24.7 Å². The van der Waals surface area contributed by atoms with Gasteiger partial charge < -0.3 is 0 Å². The molecule has 0 N–H and O–H groups in total. The summed E-state index contributed by atoms with van der Waals surface area (Å²) >= 11 is 0. The van der Waals surface area contributed by atoms with Crippen molar-refractivity contribution in [2.24, 2.45) is 0 Å². The average Bonchev–Trinajstić information content (AvgIpc) is 3.27. The molecule has 0 atom stereocenters. The van der Waals surface area contributed by atoms with Crippen molar-refractivity contribution in [2.45, 2.75) is 25.8 Å². The Morgan fingerprint density at radius 1 is 0.769 bits per heavy atom. The minimum atomic E-state index is -5.07. The zero-order valence-corrected chi connectivity index (χ0v) is 19.7. The van der Waals surface area contributed by atoms with E-state index in [9.17, 15) is 35.1 Å². The largest absolute Gasteiger partial charge is 0.417 e. The number of pyridine rings is 1. The Morgan fingerprint density at radius 3 is 2.21 bits per heavy atom. The number of hydrogen-bond donors (Lipinski definition) is 0. The van der Waals surface area contributed by atoms with Crippen LogP contribution in [0, 0.1) is 18.6 Å². The molecule has 0 unspecified atom stereocenters. The molecule has 0 spiro atoms. The van der Waals surface area contributed by atoms with Crippen molar-refractivity contribution in [2.75, 3.05) is 0 Å². The fourth-order valence-electron chi connectivity index (χ4n) is 4.06. The summed E-state index contributed by atoms with van der Waals surface area (Å²) in [5.74, 6) is -2.29. The summed E-state index contributed by atoms with van der Waals surface area (Å²) in [7, 11) is 0. The summed E-state index contributed by atoms with van der Waals surface area (Å²) in [6.07, 6.45) is -7.35. The van der Waals surface area contributed by atoms with Gasteiger partial charge in [-0.25, -0.2) is 18.7 Å². The molecular weight excluding hydrogens is 534 g/mol. The van der Waals surface area contributed by atoms with Crippen LogP contribution in [0.5, 0.6) is 0 Å². The Morgan fingerprint density at radius 2 is 1.49 bits per heavy atom. The standard InChI is InChI=1S/C26H15F8N5/c1-13-5-7-16(15-8-6-14(25(29,30)31)9-18(15)26(32,33)34)21(36-13)11-39-12-22-20(10-35-39)37-24(38-22)17-3-2-4-19(27)23(17)28/h2-10,12H,11H2,1H3. The summed E-state index contributed by atoms with van der Waals surface area (Å²) in [4.78, 5) is 12.7. The van der Waals surface area contributed by atoms with Gasteiger partial charge in [0.2, 0.25) is 0 Å². The fourth-order valence-corrected chi connectivity index (χ4v) is 4.06. The third-order valence-corrected chi connectivity index (χ3v) is 5.87. The second-order valence-electron chi connectivity index (χ2n) is 8.59. The molecule has 2 aromatic carbocycles. The predicted molar refractivity (Wildman–Crippen MR) is 123 cm³/mol. The quantitative estimate of drug-likeness (QED) is 0.223. The van der Waals surface area contributed by atoms with Crippen molar-refractivity contribution in [1.82, 2.24) is 24.7 Å². The smallest absolute Gasteiger partial charge is 0.264 e. The van der Waals surface area contributed by atoms with Crippen LogP contribution < -0.4 is 0 Å². The van der Waals surface area contributed by atoms with Gasteiger partial charge in [0.15, 0.2) is 17.5 Å². The minimum Gasteiger partial charge on any atom is -0.264 e. The molecule has 0 aliphatic carbocycles. The molecule has 13 heteroatoms. The molecule has 39 heavy (non-hydrogen) atoms. The molecule has 3 heterocycles. The van der Waals surface area contributed by atoms with E-state index in [2.05, 4.69) is 20.1 Å². The predicted octanol–water partition coefficient (Wildman–Crippen LogP) is 7.18. The number of rotatable bonds is 4. The lowest BCUT2D eigenvalue weighted by molar-refractivity contribution is -0.142. The summed E-state index contributed by atoms with van der Waals surface area (Å²) in [6, 6.07) is 7.77. The highest BCUT2D eigenvalue weighted by Crippen LogP contribution is 2.41. The first-order chi connectivity index (χ1) is 18.3. The fraction of sp³-hybridized carbons (Fsp3) is 0.154. The van der Waals surface area contributed by atoms with E-state index in [0.717, 1.165) is 12.1 Å². The molecule has 0 bridgehead atoms. The number of halogens is 8. The van der Waals surface area contributed by atoms with E-state index in [-0.39, 0.29) is 46.6 Å². The number of alkyl halides is 6. The first-order valence-electron chi connectivity index (χ1n) is 11.2. The van der Waals surface area contributed by atoms with Gasteiger partial charge >= 0.3 is 12.4 Å². The molecule has 0 saturated heterocycles. The minimum absolute atomic E-state index is 0.0350.